The molecule has 0 fully saturated rings. The van der Waals surface area contributed by atoms with Gasteiger partial charge in [-0.05, 0) is 94.5 Å². The Hall–Kier alpha value is -6.18. The minimum Gasteiger partial charge on any atom is -0.455 e. The Labute approximate surface area is 290 Å². The van der Waals surface area contributed by atoms with Crippen LogP contribution in [0.1, 0.15) is 25.0 Å². The first-order valence-corrected chi connectivity index (χ1v) is 17.5. The van der Waals surface area contributed by atoms with Crippen LogP contribution >= 0.6 is 0 Å². The van der Waals surface area contributed by atoms with Crippen LogP contribution in [0.5, 0.6) is 0 Å². The van der Waals surface area contributed by atoms with E-state index in [4.69, 9.17) is 4.42 Å². The molecule has 50 heavy (non-hydrogen) atoms. The lowest BCUT2D eigenvalue weighted by atomic mass is 9.80. The van der Waals surface area contributed by atoms with E-state index >= 15 is 0 Å². The minimum absolute atomic E-state index is 0.137. The third kappa shape index (κ3) is 3.67. The van der Waals surface area contributed by atoms with Gasteiger partial charge in [0.05, 0.1) is 0 Å². The summed E-state index contributed by atoms with van der Waals surface area (Å²) in [5.74, 6) is 0. The summed E-state index contributed by atoms with van der Waals surface area (Å²) < 4.78 is 6.86. The van der Waals surface area contributed by atoms with Crippen molar-refractivity contribution >= 4 is 54.3 Å². The molecule has 1 heterocycles. The number of hydrogen-bond donors (Lipinski definition) is 0. The van der Waals surface area contributed by atoms with Crippen molar-refractivity contribution < 1.29 is 4.42 Å². The maximum atomic E-state index is 6.86. The van der Waals surface area contributed by atoms with Gasteiger partial charge in [-0.3, -0.25) is 0 Å². The fraction of sp³-hybridized carbons (Fsp3) is 0.0612. The Kier molecular flexibility index (Phi) is 5.51. The van der Waals surface area contributed by atoms with Crippen LogP contribution in [0.2, 0.25) is 0 Å². The minimum atomic E-state index is -0.137. The van der Waals surface area contributed by atoms with Gasteiger partial charge in [0.2, 0.25) is 0 Å². The van der Waals surface area contributed by atoms with Gasteiger partial charge in [0.15, 0.2) is 0 Å². The first kappa shape index (κ1) is 27.7. The fourth-order valence-corrected chi connectivity index (χ4v) is 9.02. The van der Waals surface area contributed by atoms with E-state index in [1.54, 1.807) is 0 Å². The first-order valence-electron chi connectivity index (χ1n) is 17.5. The van der Waals surface area contributed by atoms with E-state index < -0.39 is 0 Å². The molecule has 0 N–H and O–H groups in total. The third-order valence-corrected chi connectivity index (χ3v) is 11.4. The van der Waals surface area contributed by atoms with E-state index in [2.05, 4.69) is 172 Å². The predicted octanol–water partition coefficient (Wildman–Crippen LogP) is 13.8. The summed E-state index contributed by atoms with van der Waals surface area (Å²) in [5.41, 5.74) is 14.5. The van der Waals surface area contributed by atoms with Crippen LogP contribution in [-0.2, 0) is 5.41 Å². The zero-order chi connectivity index (χ0) is 33.1. The molecule has 11 rings (SSSR count). The summed E-state index contributed by atoms with van der Waals surface area (Å²) in [7, 11) is 0. The molecule has 0 radical (unpaired) electrons. The summed E-state index contributed by atoms with van der Waals surface area (Å²) >= 11 is 0. The number of rotatable bonds is 3. The van der Waals surface area contributed by atoms with Gasteiger partial charge in [-0.15, -0.1) is 0 Å². The smallest absolute Gasteiger partial charge is 0.143 e. The number of fused-ring (bicyclic) bond motifs is 6. The van der Waals surface area contributed by atoms with E-state index in [0.29, 0.717) is 0 Å². The quantitative estimate of drug-likeness (QED) is 0.176. The van der Waals surface area contributed by atoms with Gasteiger partial charge in [-0.1, -0.05) is 159 Å². The highest BCUT2D eigenvalue weighted by Crippen LogP contribution is 2.56. The van der Waals surface area contributed by atoms with E-state index in [-0.39, 0.29) is 5.41 Å². The molecule has 0 aliphatic heterocycles. The van der Waals surface area contributed by atoms with Crippen LogP contribution in [0.25, 0.3) is 98.8 Å². The van der Waals surface area contributed by atoms with Crippen LogP contribution < -0.4 is 0 Å². The van der Waals surface area contributed by atoms with Gasteiger partial charge in [-0.25, -0.2) is 0 Å². The predicted molar refractivity (Wildman–Crippen MR) is 211 cm³/mol. The normalized spacial score (nSPS) is 13.6. The van der Waals surface area contributed by atoms with Gasteiger partial charge in [0.25, 0.3) is 0 Å². The van der Waals surface area contributed by atoms with Crippen molar-refractivity contribution in [2.45, 2.75) is 19.3 Å². The molecule has 1 heteroatoms. The molecule has 1 aliphatic rings. The molecule has 1 aromatic heterocycles. The third-order valence-electron chi connectivity index (χ3n) is 11.4. The molecule has 1 aliphatic carbocycles. The zero-order valence-electron chi connectivity index (χ0n) is 27.9. The summed E-state index contributed by atoms with van der Waals surface area (Å²) in [6.07, 6.45) is 0. The Morgan fingerprint density at radius 3 is 1.78 bits per heavy atom. The van der Waals surface area contributed by atoms with Crippen LogP contribution in [0, 0.1) is 0 Å². The standard InChI is InChI=1S/C49H32O/c1-49(2)41-14-8-6-13-39(41)46-42(49)28-40-35-12-7-9-15-43(35)50-48(40)47(46)38-27-23-33-21-25-36-34(24-20-32-22-26-37(38)45(33)44(32)36)31-18-16-30(17-19-31)29-10-4-3-5-11-29/h3-28H,1-2H3. The molecule has 0 amide bonds. The van der Waals surface area contributed by atoms with Crippen molar-refractivity contribution in [2.24, 2.45) is 0 Å². The number of para-hydroxylation sites is 1. The second kappa shape index (κ2) is 9.94. The highest BCUT2D eigenvalue weighted by molar-refractivity contribution is 6.29. The van der Waals surface area contributed by atoms with Gasteiger partial charge in [0, 0.05) is 21.8 Å². The van der Waals surface area contributed by atoms with Crippen molar-refractivity contribution in [1.29, 1.82) is 0 Å². The lowest BCUT2D eigenvalue weighted by molar-refractivity contribution is 0.658. The Balaban J connectivity index is 1.21. The Morgan fingerprint density at radius 2 is 1.00 bits per heavy atom. The van der Waals surface area contributed by atoms with Gasteiger partial charge in [-0.2, -0.15) is 0 Å². The second-order valence-electron chi connectivity index (χ2n) is 14.4. The lowest BCUT2D eigenvalue weighted by Gasteiger charge is -2.22. The molecular formula is C49H32O. The van der Waals surface area contributed by atoms with Crippen LogP contribution in [-0.4, -0.2) is 0 Å². The second-order valence-corrected chi connectivity index (χ2v) is 14.4. The molecule has 0 atom stereocenters. The van der Waals surface area contributed by atoms with Crippen LogP contribution in [0.3, 0.4) is 0 Å². The molecule has 0 bridgehead atoms. The fourth-order valence-electron chi connectivity index (χ4n) is 9.02. The molecule has 0 unspecified atom stereocenters. The Bertz CT molecular complexity index is 2980. The van der Waals surface area contributed by atoms with Crippen molar-refractivity contribution in [3.63, 3.8) is 0 Å². The van der Waals surface area contributed by atoms with Crippen molar-refractivity contribution in [2.75, 3.05) is 0 Å². The summed E-state index contributed by atoms with van der Waals surface area (Å²) in [5, 5.41) is 10.0. The van der Waals surface area contributed by atoms with Gasteiger partial charge in [0.1, 0.15) is 11.2 Å². The highest BCUT2D eigenvalue weighted by Gasteiger charge is 2.39. The average molecular weight is 637 g/mol. The van der Waals surface area contributed by atoms with E-state index in [0.717, 1.165) is 11.2 Å². The first-order chi connectivity index (χ1) is 24.6. The van der Waals surface area contributed by atoms with Gasteiger partial charge >= 0.3 is 0 Å². The van der Waals surface area contributed by atoms with E-state index in [1.807, 2.05) is 0 Å². The number of furan rings is 1. The largest absolute Gasteiger partial charge is 0.455 e. The van der Waals surface area contributed by atoms with Crippen LogP contribution in [0.15, 0.2) is 162 Å². The average Bonchev–Trinajstić information content (AvgIpc) is 3.65. The lowest BCUT2D eigenvalue weighted by Crippen LogP contribution is -2.14. The molecule has 0 spiro atoms. The van der Waals surface area contributed by atoms with Crippen molar-refractivity contribution in [3.8, 4) is 44.5 Å². The maximum Gasteiger partial charge on any atom is 0.143 e. The maximum absolute atomic E-state index is 6.86. The van der Waals surface area contributed by atoms with Crippen molar-refractivity contribution in [3.05, 3.63) is 169 Å². The molecule has 234 valence electrons. The van der Waals surface area contributed by atoms with Gasteiger partial charge < -0.3 is 4.42 Å². The van der Waals surface area contributed by atoms with Crippen molar-refractivity contribution in [1.82, 2.24) is 0 Å². The van der Waals surface area contributed by atoms with E-state index in [1.165, 1.54) is 98.7 Å². The summed E-state index contributed by atoms with van der Waals surface area (Å²) in [6, 6.07) is 58.0. The monoisotopic (exact) mass is 636 g/mol. The molecular weight excluding hydrogens is 605 g/mol. The molecule has 10 aromatic rings. The molecule has 1 nitrogen and oxygen atoms in total. The van der Waals surface area contributed by atoms with Crippen LogP contribution in [0.4, 0.5) is 0 Å². The zero-order valence-corrected chi connectivity index (χ0v) is 27.9. The number of benzene rings is 9. The molecule has 9 aromatic carbocycles. The highest BCUT2D eigenvalue weighted by atomic mass is 16.3. The number of hydrogen-bond acceptors (Lipinski definition) is 1. The SMILES string of the molecule is CC1(C)c2ccccc2-c2c1cc1c(oc3ccccc31)c2-c1ccc2ccc3c(-c4ccc(-c5ccccc5)cc4)ccc4ccc1c2c43. The molecule has 0 saturated carbocycles. The summed E-state index contributed by atoms with van der Waals surface area (Å²) in [4.78, 5) is 0. The Morgan fingerprint density at radius 1 is 0.400 bits per heavy atom. The molecule has 0 saturated heterocycles. The topological polar surface area (TPSA) is 13.1 Å². The summed E-state index contributed by atoms with van der Waals surface area (Å²) in [6.45, 7) is 4.74. The van der Waals surface area contributed by atoms with E-state index in [9.17, 15) is 0 Å².